The standard InChI is InChI=1S/C16H30N2O3/c1-21-13-16(7-9-17-10-8-16)14(20)18-11-15(12-19)5-3-2-4-6-15/h17,19H,2-13H2,1H3,(H,18,20). The largest absolute Gasteiger partial charge is 0.396 e. The molecule has 1 aliphatic heterocycles. The number of amides is 1. The number of methoxy groups -OCH3 is 1. The SMILES string of the molecule is COCC1(C(=O)NCC2(CO)CCCCC2)CCNCC1. The molecule has 2 rings (SSSR count). The summed E-state index contributed by atoms with van der Waals surface area (Å²) >= 11 is 0. The number of carbonyl (C=O) groups is 1. The minimum absolute atomic E-state index is 0.101. The first-order valence-corrected chi connectivity index (χ1v) is 8.25. The number of carbonyl (C=O) groups excluding carboxylic acids is 1. The summed E-state index contributed by atoms with van der Waals surface area (Å²) < 4.78 is 5.31. The van der Waals surface area contributed by atoms with Gasteiger partial charge in [-0.1, -0.05) is 19.3 Å². The van der Waals surface area contributed by atoms with Crippen LogP contribution >= 0.6 is 0 Å². The van der Waals surface area contributed by atoms with Crippen LogP contribution < -0.4 is 10.6 Å². The Morgan fingerprint density at radius 1 is 1.19 bits per heavy atom. The summed E-state index contributed by atoms with van der Waals surface area (Å²) in [5.41, 5.74) is -0.500. The zero-order valence-electron chi connectivity index (χ0n) is 13.2. The maximum Gasteiger partial charge on any atom is 0.228 e. The number of rotatable bonds is 6. The Labute approximate surface area is 127 Å². The number of hydrogen-bond donors (Lipinski definition) is 3. The minimum Gasteiger partial charge on any atom is -0.396 e. The van der Waals surface area contributed by atoms with Crippen molar-refractivity contribution in [3.8, 4) is 0 Å². The van der Waals surface area contributed by atoms with E-state index in [9.17, 15) is 9.90 Å². The average Bonchev–Trinajstić information content (AvgIpc) is 2.54. The monoisotopic (exact) mass is 298 g/mol. The maximum absolute atomic E-state index is 12.7. The van der Waals surface area contributed by atoms with Crippen molar-refractivity contribution >= 4 is 5.91 Å². The number of piperidine rings is 1. The highest BCUT2D eigenvalue weighted by Crippen LogP contribution is 2.36. The Balaban J connectivity index is 1.94. The van der Waals surface area contributed by atoms with Crippen LogP contribution in [0.3, 0.4) is 0 Å². The normalized spacial score (nSPS) is 24.5. The lowest BCUT2D eigenvalue weighted by molar-refractivity contribution is -0.137. The fourth-order valence-electron chi connectivity index (χ4n) is 3.77. The molecule has 0 bridgehead atoms. The molecular formula is C16H30N2O3. The summed E-state index contributed by atoms with van der Waals surface area (Å²) in [6.45, 7) is 2.98. The highest BCUT2D eigenvalue weighted by Gasteiger charge is 2.41. The van der Waals surface area contributed by atoms with Gasteiger partial charge in [0.05, 0.1) is 18.6 Å². The molecule has 21 heavy (non-hydrogen) atoms. The summed E-state index contributed by atoms with van der Waals surface area (Å²) in [7, 11) is 1.66. The smallest absolute Gasteiger partial charge is 0.228 e. The third-order valence-corrected chi connectivity index (χ3v) is 5.34. The number of aliphatic hydroxyl groups is 1. The lowest BCUT2D eigenvalue weighted by Crippen LogP contribution is -2.52. The van der Waals surface area contributed by atoms with Crippen molar-refractivity contribution in [1.82, 2.24) is 10.6 Å². The Kier molecular flexibility index (Phi) is 6.02. The fourth-order valence-corrected chi connectivity index (χ4v) is 3.77. The first-order valence-electron chi connectivity index (χ1n) is 8.25. The van der Waals surface area contributed by atoms with Crippen molar-refractivity contribution in [3.05, 3.63) is 0 Å². The molecule has 0 atom stereocenters. The molecule has 0 unspecified atom stereocenters. The molecule has 122 valence electrons. The summed E-state index contributed by atoms with van der Waals surface area (Å²) in [4.78, 5) is 12.7. The third kappa shape index (κ3) is 3.96. The molecule has 1 saturated carbocycles. The fraction of sp³-hybridized carbons (Fsp3) is 0.938. The van der Waals surface area contributed by atoms with Gasteiger partial charge in [0.1, 0.15) is 0 Å². The van der Waals surface area contributed by atoms with Crippen molar-refractivity contribution in [2.45, 2.75) is 44.9 Å². The van der Waals surface area contributed by atoms with Crippen LogP contribution in [-0.4, -0.2) is 51.0 Å². The average molecular weight is 298 g/mol. The molecular weight excluding hydrogens is 268 g/mol. The number of nitrogens with one attached hydrogen (secondary N) is 2. The summed E-state index contributed by atoms with van der Waals surface area (Å²) in [5, 5.41) is 16.2. The zero-order chi connectivity index (χ0) is 15.2. The second kappa shape index (κ2) is 7.56. The van der Waals surface area contributed by atoms with E-state index in [0.29, 0.717) is 13.2 Å². The van der Waals surface area contributed by atoms with Crippen molar-refractivity contribution in [1.29, 1.82) is 0 Å². The van der Waals surface area contributed by atoms with E-state index in [0.717, 1.165) is 51.6 Å². The summed E-state index contributed by atoms with van der Waals surface area (Å²) in [5.74, 6) is 0.101. The predicted molar refractivity (Wildman–Crippen MR) is 82.0 cm³/mol. The van der Waals surface area contributed by atoms with Crippen molar-refractivity contribution in [2.75, 3.05) is 40.0 Å². The number of ether oxygens (including phenoxy) is 1. The van der Waals surface area contributed by atoms with Crippen LogP contribution in [0, 0.1) is 10.8 Å². The first kappa shape index (κ1) is 16.7. The van der Waals surface area contributed by atoms with E-state index >= 15 is 0 Å². The van der Waals surface area contributed by atoms with E-state index in [1.165, 1.54) is 6.42 Å². The molecule has 2 fully saturated rings. The van der Waals surface area contributed by atoms with Gasteiger partial charge in [0.25, 0.3) is 0 Å². The zero-order valence-corrected chi connectivity index (χ0v) is 13.2. The molecule has 1 amide bonds. The van der Waals surface area contributed by atoms with Crippen LogP contribution in [-0.2, 0) is 9.53 Å². The van der Waals surface area contributed by atoms with Crippen LogP contribution in [0.2, 0.25) is 0 Å². The van der Waals surface area contributed by atoms with Gasteiger partial charge in [-0.2, -0.15) is 0 Å². The second-order valence-corrected chi connectivity index (χ2v) is 6.86. The number of hydrogen-bond acceptors (Lipinski definition) is 4. The van der Waals surface area contributed by atoms with E-state index in [2.05, 4.69) is 10.6 Å². The first-order chi connectivity index (χ1) is 10.2. The lowest BCUT2D eigenvalue weighted by atomic mass is 9.74. The van der Waals surface area contributed by atoms with Crippen LogP contribution in [0.4, 0.5) is 0 Å². The van der Waals surface area contributed by atoms with Crippen molar-refractivity contribution in [3.63, 3.8) is 0 Å². The van der Waals surface area contributed by atoms with Crippen molar-refractivity contribution in [2.24, 2.45) is 10.8 Å². The summed E-state index contributed by atoms with van der Waals surface area (Å²) in [6.07, 6.45) is 7.23. The summed E-state index contributed by atoms with van der Waals surface area (Å²) in [6, 6.07) is 0. The van der Waals surface area contributed by atoms with Gasteiger partial charge in [-0.25, -0.2) is 0 Å². The molecule has 5 heteroatoms. The van der Waals surface area contributed by atoms with Gasteiger partial charge in [-0.3, -0.25) is 4.79 Å². The van der Waals surface area contributed by atoms with Gasteiger partial charge < -0.3 is 20.5 Å². The predicted octanol–water partition coefficient (Wildman–Crippen LogP) is 1.06. The van der Waals surface area contributed by atoms with E-state index < -0.39 is 5.41 Å². The van der Waals surface area contributed by atoms with Gasteiger partial charge in [-0.15, -0.1) is 0 Å². The van der Waals surface area contributed by atoms with E-state index in [1.807, 2.05) is 0 Å². The van der Waals surface area contributed by atoms with E-state index in [1.54, 1.807) is 7.11 Å². The lowest BCUT2D eigenvalue weighted by Gasteiger charge is -2.39. The van der Waals surface area contributed by atoms with Gasteiger partial charge in [0.2, 0.25) is 5.91 Å². The quantitative estimate of drug-likeness (QED) is 0.686. The minimum atomic E-state index is -0.398. The van der Waals surface area contributed by atoms with Gasteiger partial charge in [-0.05, 0) is 38.8 Å². The molecule has 1 aliphatic carbocycles. The molecule has 0 radical (unpaired) electrons. The number of aliphatic hydroxyl groups excluding tert-OH is 1. The molecule has 5 nitrogen and oxygen atoms in total. The molecule has 0 aromatic carbocycles. The van der Waals surface area contributed by atoms with E-state index in [-0.39, 0.29) is 17.9 Å². The molecule has 0 aromatic heterocycles. The molecule has 0 aromatic rings. The van der Waals surface area contributed by atoms with Crippen LogP contribution in [0.15, 0.2) is 0 Å². The Bertz CT molecular complexity index is 329. The highest BCUT2D eigenvalue weighted by molar-refractivity contribution is 5.83. The van der Waals surface area contributed by atoms with Gasteiger partial charge >= 0.3 is 0 Å². The molecule has 1 saturated heterocycles. The Hall–Kier alpha value is -0.650. The van der Waals surface area contributed by atoms with Gasteiger partial charge in [0.15, 0.2) is 0 Å². The van der Waals surface area contributed by atoms with E-state index in [4.69, 9.17) is 4.74 Å². The van der Waals surface area contributed by atoms with Crippen molar-refractivity contribution < 1.29 is 14.6 Å². The molecule has 3 N–H and O–H groups in total. The second-order valence-electron chi connectivity index (χ2n) is 6.86. The molecule has 2 aliphatic rings. The Morgan fingerprint density at radius 2 is 1.86 bits per heavy atom. The van der Waals surface area contributed by atoms with Gasteiger partial charge in [0, 0.05) is 19.1 Å². The maximum atomic E-state index is 12.7. The molecule has 0 spiro atoms. The van der Waals surface area contributed by atoms with Crippen LogP contribution in [0.5, 0.6) is 0 Å². The highest BCUT2D eigenvalue weighted by atomic mass is 16.5. The third-order valence-electron chi connectivity index (χ3n) is 5.34. The van der Waals surface area contributed by atoms with Crippen LogP contribution in [0.1, 0.15) is 44.9 Å². The molecule has 1 heterocycles. The Morgan fingerprint density at radius 3 is 2.43 bits per heavy atom. The van der Waals surface area contributed by atoms with Crippen LogP contribution in [0.25, 0.3) is 0 Å². The topological polar surface area (TPSA) is 70.6 Å².